The van der Waals surface area contributed by atoms with Gasteiger partial charge in [-0.05, 0) is 6.92 Å². The zero-order valence-corrected chi connectivity index (χ0v) is 13.8. The third-order valence-electron chi connectivity index (χ3n) is 3.94. The van der Waals surface area contributed by atoms with Gasteiger partial charge >= 0.3 is 8.69 Å². The number of alkyl halides is 1. The van der Waals surface area contributed by atoms with Gasteiger partial charge in [0.2, 0.25) is 5.95 Å². The number of ether oxygens (including phenoxy) is 1. The van der Waals surface area contributed by atoms with Crippen molar-refractivity contribution in [2.24, 2.45) is 0 Å². The number of nitrogens with one attached hydrogen (secondary N) is 1. The fraction of sp³-hybridized carbons (Fsp3) is 0.583. The molecule has 1 fully saturated rings. The van der Waals surface area contributed by atoms with Crippen LogP contribution in [0.3, 0.4) is 0 Å². The van der Waals surface area contributed by atoms with Gasteiger partial charge < -0.3 is 20.9 Å². The van der Waals surface area contributed by atoms with Crippen molar-refractivity contribution < 1.29 is 23.3 Å². The predicted molar refractivity (Wildman–Crippen MR) is 82.3 cm³/mol. The maximum Gasteiger partial charge on any atom is 0.327 e. The largest absolute Gasteiger partial charge is 0.387 e. The number of hydrogen-bond donors (Lipinski definition) is 3. The quantitative estimate of drug-likeness (QED) is 0.658. The maximum absolute atomic E-state index is 15.1. The molecule has 0 radical (unpaired) electrons. The molecule has 3 heterocycles. The van der Waals surface area contributed by atoms with Crippen LogP contribution in [0.2, 0.25) is 0 Å². The van der Waals surface area contributed by atoms with Gasteiger partial charge in [-0.15, -0.1) is 0 Å². The van der Waals surface area contributed by atoms with Crippen molar-refractivity contribution in [1.82, 2.24) is 19.5 Å². The molecule has 0 amide bonds. The highest BCUT2D eigenvalue weighted by atomic mass is 31.1. The second-order valence-electron chi connectivity index (χ2n) is 5.50. The lowest BCUT2D eigenvalue weighted by molar-refractivity contribution is -0.0530. The Hall–Kier alpha value is -1.94. The van der Waals surface area contributed by atoms with Crippen molar-refractivity contribution in [3.63, 3.8) is 0 Å². The Balaban J connectivity index is 2.03. The average molecular weight is 358 g/mol. The highest BCUT2D eigenvalue weighted by Crippen LogP contribution is 2.42. The normalized spacial score (nSPS) is 30.2. The summed E-state index contributed by atoms with van der Waals surface area (Å²) in [7, 11) is 1.07. The van der Waals surface area contributed by atoms with Gasteiger partial charge in [0.1, 0.15) is 12.2 Å². The molecule has 1 saturated heterocycles. The van der Waals surface area contributed by atoms with Crippen LogP contribution in [0, 0.1) is 0 Å². The average Bonchev–Trinajstić information content (AvgIpc) is 3.05. The zero-order chi connectivity index (χ0) is 17.5. The van der Waals surface area contributed by atoms with Crippen molar-refractivity contribution in [3.05, 3.63) is 6.33 Å². The molecule has 1 aliphatic rings. The van der Waals surface area contributed by atoms with E-state index in [1.54, 1.807) is 7.05 Å². The summed E-state index contributed by atoms with van der Waals surface area (Å²) in [5.41, 5.74) is 4.17. The first-order valence-corrected chi connectivity index (χ1v) is 7.78. The molecule has 2 aromatic heterocycles. The van der Waals surface area contributed by atoms with E-state index in [0.29, 0.717) is 11.3 Å². The Morgan fingerprint density at radius 2 is 2.38 bits per heavy atom. The molecule has 3 rings (SSSR count). The number of nitrogen functional groups attached to an aromatic ring is 1. The van der Waals surface area contributed by atoms with Gasteiger partial charge in [-0.25, -0.2) is 13.9 Å². The molecule has 0 bridgehead atoms. The Kier molecular flexibility index (Phi) is 4.35. The predicted octanol–water partition coefficient (Wildman–Crippen LogP) is 0.660. The third-order valence-corrected chi connectivity index (χ3v) is 4.19. The number of aliphatic hydroxyl groups excluding tert-OH is 1. The third kappa shape index (κ3) is 2.59. The van der Waals surface area contributed by atoms with Crippen LogP contribution >= 0.6 is 8.69 Å². The summed E-state index contributed by atoms with van der Waals surface area (Å²) in [6.07, 6.45) is -2.35. The van der Waals surface area contributed by atoms with Crippen LogP contribution in [0.25, 0.3) is 11.2 Å². The minimum atomic E-state index is -2.15. The number of rotatable bonds is 5. The molecule has 0 saturated carbocycles. The van der Waals surface area contributed by atoms with Crippen LogP contribution < -0.4 is 11.1 Å². The molecule has 0 spiro atoms. The standard InChI is InChI=1S/C12H16FN6O4P/c1-12(13)7(20)5(3-22-24-21)23-10(12)19-4-16-6-8(15-2)17-11(14)18-9(6)19/h4-5,7,10,20H,3H2,1-2H3,(H3,14,15,17,18)/t5?,7-,10-,12-/m1/s1. The smallest absolute Gasteiger partial charge is 0.327 e. The minimum absolute atomic E-state index is 0.0160. The SMILES string of the molecule is CNc1nc(N)nc2c1ncn2[C@@H]1OC(COP=O)[C@@H](O)[C@@]1(C)F. The van der Waals surface area contributed by atoms with Crippen molar-refractivity contribution in [2.75, 3.05) is 24.7 Å². The van der Waals surface area contributed by atoms with E-state index in [-0.39, 0.29) is 18.2 Å². The number of imidazole rings is 1. The van der Waals surface area contributed by atoms with E-state index in [4.69, 9.17) is 10.5 Å². The first-order valence-electron chi connectivity index (χ1n) is 7.05. The van der Waals surface area contributed by atoms with Crippen LogP contribution in [0.4, 0.5) is 16.2 Å². The number of nitrogens with two attached hydrogens (primary N) is 1. The molecular formula is C12H16FN6O4P. The molecule has 12 heteroatoms. The molecule has 130 valence electrons. The lowest BCUT2D eigenvalue weighted by Gasteiger charge is -2.24. The monoisotopic (exact) mass is 358 g/mol. The molecule has 0 aromatic carbocycles. The summed E-state index contributed by atoms with van der Waals surface area (Å²) in [4.78, 5) is 12.3. The van der Waals surface area contributed by atoms with Crippen molar-refractivity contribution in [1.29, 1.82) is 0 Å². The zero-order valence-electron chi connectivity index (χ0n) is 12.9. The Morgan fingerprint density at radius 1 is 1.62 bits per heavy atom. The van der Waals surface area contributed by atoms with Crippen LogP contribution in [0.15, 0.2) is 6.33 Å². The number of nitrogens with zero attached hydrogens (tertiary/aromatic N) is 4. The summed E-state index contributed by atoms with van der Waals surface area (Å²) in [6.45, 7) is 0.973. The molecule has 2 aromatic rings. The fourth-order valence-corrected chi connectivity index (χ4v) is 2.94. The number of aliphatic hydroxyl groups is 1. The second kappa shape index (κ2) is 6.17. The molecule has 1 aliphatic heterocycles. The van der Waals surface area contributed by atoms with E-state index >= 15 is 4.39 Å². The van der Waals surface area contributed by atoms with Gasteiger partial charge in [0.05, 0.1) is 12.9 Å². The summed E-state index contributed by atoms with van der Waals surface area (Å²) in [5, 5.41) is 13.0. The highest BCUT2D eigenvalue weighted by molar-refractivity contribution is 7.17. The van der Waals surface area contributed by atoms with Gasteiger partial charge in [-0.2, -0.15) is 9.97 Å². The number of fused-ring (bicyclic) bond motifs is 1. The fourth-order valence-electron chi connectivity index (χ4n) is 2.73. The van der Waals surface area contributed by atoms with E-state index in [1.807, 2.05) is 0 Å². The summed E-state index contributed by atoms with van der Waals surface area (Å²) in [6, 6.07) is 0. The van der Waals surface area contributed by atoms with Crippen LogP contribution in [-0.2, 0) is 13.8 Å². The first kappa shape index (κ1) is 16.9. The first-order chi connectivity index (χ1) is 11.4. The van der Waals surface area contributed by atoms with Gasteiger partial charge in [-0.3, -0.25) is 9.09 Å². The van der Waals surface area contributed by atoms with Crippen LogP contribution in [0.1, 0.15) is 13.2 Å². The summed E-state index contributed by atoms with van der Waals surface area (Å²) in [5.74, 6) is 0.373. The van der Waals surface area contributed by atoms with Crippen LogP contribution in [-0.4, -0.2) is 56.2 Å². The topological polar surface area (TPSA) is 137 Å². The number of halogens is 1. The van der Waals surface area contributed by atoms with Crippen molar-refractivity contribution >= 4 is 31.6 Å². The maximum atomic E-state index is 15.1. The van der Waals surface area contributed by atoms with E-state index in [0.717, 1.165) is 0 Å². The number of hydrogen-bond acceptors (Lipinski definition) is 9. The summed E-state index contributed by atoms with van der Waals surface area (Å²) >= 11 is 0. The molecule has 4 atom stereocenters. The van der Waals surface area contributed by atoms with Crippen molar-refractivity contribution in [2.45, 2.75) is 31.0 Å². The van der Waals surface area contributed by atoms with Crippen LogP contribution in [0.5, 0.6) is 0 Å². The summed E-state index contributed by atoms with van der Waals surface area (Å²) < 4.78 is 37.1. The van der Waals surface area contributed by atoms with Gasteiger partial charge in [0.15, 0.2) is 28.9 Å². The van der Waals surface area contributed by atoms with E-state index in [9.17, 15) is 9.67 Å². The Labute approximate surface area is 137 Å². The van der Waals surface area contributed by atoms with Gasteiger partial charge in [0.25, 0.3) is 0 Å². The molecular weight excluding hydrogens is 342 g/mol. The van der Waals surface area contributed by atoms with Gasteiger partial charge in [0, 0.05) is 7.05 Å². The van der Waals surface area contributed by atoms with E-state index in [2.05, 4.69) is 24.8 Å². The molecule has 24 heavy (non-hydrogen) atoms. The number of anilines is 2. The van der Waals surface area contributed by atoms with Gasteiger partial charge in [-0.1, -0.05) is 0 Å². The van der Waals surface area contributed by atoms with E-state index in [1.165, 1.54) is 17.8 Å². The Bertz CT molecular complexity index is 771. The second-order valence-corrected chi connectivity index (χ2v) is 5.90. The van der Waals surface area contributed by atoms with E-state index < -0.39 is 32.8 Å². The lowest BCUT2D eigenvalue weighted by Crippen LogP contribution is -2.40. The lowest BCUT2D eigenvalue weighted by atomic mass is 9.98. The molecule has 10 nitrogen and oxygen atoms in total. The molecule has 1 unspecified atom stereocenters. The highest BCUT2D eigenvalue weighted by Gasteiger charge is 2.55. The minimum Gasteiger partial charge on any atom is -0.387 e. The Morgan fingerprint density at radius 3 is 3.04 bits per heavy atom. The molecule has 0 aliphatic carbocycles. The number of aromatic nitrogens is 4. The van der Waals surface area contributed by atoms with Crippen molar-refractivity contribution in [3.8, 4) is 0 Å². The molecule has 4 N–H and O–H groups in total.